The van der Waals surface area contributed by atoms with E-state index in [0.717, 1.165) is 5.69 Å². The van der Waals surface area contributed by atoms with Gasteiger partial charge in [0.2, 0.25) is 12.3 Å². The summed E-state index contributed by atoms with van der Waals surface area (Å²) < 4.78 is 19.4. The quantitative estimate of drug-likeness (QED) is 0.270. The van der Waals surface area contributed by atoms with Gasteiger partial charge in [-0.05, 0) is 24.3 Å². The van der Waals surface area contributed by atoms with E-state index in [4.69, 9.17) is 4.74 Å². The summed E-state index contributed by atoms with van der Waals surface area (Å²) in [6, 6.07) is 7.23. The third-order valence-electron chi connectivity index (χ3n) is 5.21. The molecule has 0 aliphatic carbocycles. The highest BCUT2D eigenvalue weighted by Gasteiger charge is 2.41. The Bertz CT molecular complexity index is 841. The molecule has 2 fully saturated rings. The van der Waals surface area contributed by atoms with Crippen molar-refractivity contribution < 1.29 is 23.5 Å². The lowest BCUT2D eigenvalue weighted by Gasteiger charge is -2.44. The number of nitrogens with zero attached hydrogens (tertiary/aromatic N) is 3. The first-order chi connectivity index (χ1) is 15.1. The molecule has 3 rings (SSSR count). The van der Waals surface area contributed by atoms with Crippen LogP contribution in [0, 0.1) is 0 Å². The van der Waals surface area contributed by atoms with Gasteiger partial charge < -0.3 is 20.3 Å². The Morgan fingerprint density at radius 2 is 1.91 bits per heavy atom. The van der Waals surface area contributed by atoms with Crippen molar-refractivity contribution >= 4 is 77.6 Å². The van der Waals surface area contributed by atoms with E-state index in [1.807, 2.05) is 17.0 Å². The van der Waals surface area contributed by atoms with Crippen molar-refractivity contribution in [3.05, 3.63) is 24.3 Å². The number of benzene rings is 1. The molecule has 0 spiro atoms. The second-order valence-corrected chi connectivity index (χ2v) is 14.4. The minimum absolute atomic E-state index is 0.115. The predicted molar refractivity (Wildman–Crippen MR) is 129 cm³/mol. The largest absolute Gasteiger partial charge is 0.442 e. The van der Waals surface area contributed by atoms with E-state index in [-0.39, 0.29) is 19.0 Å². The molecule has 176 valence electrons. The van der Waals surface area contributed by atoms with E-state index in [1.54, 1.807) is 17.0 Å². The van der Waals surface area contributed by atoms with Crippen molar-refractivity contribution in [1.82, 2.24) is 15.5 Å². The number of hydrogen-bond donors (Lipinski definition) is 2. The SMILES string of the molecule is CC(=O)NCC1CN(c2ccc(N3CCN([C@@H](NC=O)C(Br)(Br)Br)C(F)C3)cc2)C(=O)O1. The van der Waals surface area contributed by atoms with Crippen molar-refractivity contribution in [2.75, 3.05) is 42.5 Å². The van der Waals surface area contributed by atoms with Gasteiger partial charge in [-0.1, -0.05) is 47.8 Å². The maximum absolute atomic E-state index is 15.0. The number of carbonyl (C=O) groups is 3. The molecule has 0 radical (unpaired) electrons. The molecule has 3 amide bonds. The molecule has 13 heteroatoms. The van der Waals surface area contributed by atoms with Crippen LogP contribution in [-0.4, -0.2) is 76.7 Å². The average molecular weight is 644 g/mol. The van der Waals surface area contributed by atoms with Crippen molar-refractivity contribution in [3.8, 4) is 0 Å². The fourth-order valence-corrected chi connectivity index (χ4v) is 4.85. The van der Waals surface area contributed by atoms with E-state index < -0.39 is 26.8 Å². The normalized spacial score (nSPS) is 23.0. The second-order valence-electron chi connectivity index (χ2n) is 7.42. The number of halogens is 4. The summed E-state index contributed by atoms with van der Waals surface area (Å²) in [5.41, 5.74) is 1.48. The predicted octanol–water partition coefficient (Wildman–Crippen LogP) is 2.48. The monoisotopic (exact) mass is 641 g/mol. The molecule has 2 aliphatic heterocycles. The Morgan fingerprint density at radius 3 is 2.47 bits per heavy atom. The van der Waals surface area contributed by atoms with Crippen LogP contribution in [0.3, 0.4) is 0 Å². The van der Waals surface area contributed by atoms with Gasteiger partial charge in [0, 0.05) is 31.4 Å². The van der Waals surface area contributed by atoms with Crippen molar-refractivity contribution in [3.63, 3.8) is 0 Å². The third-order valence-corrected chi connectivity index (χ3v) is 6.51. The molecule has 3 atom stereocenters. The molecule has 2 heterocycles. The molecule has 2 saturated heterocycles. The van der Waals surface area contributed by atoms with E-state index in [2.05, 4.69) is 58.4 Å². The first-order valence-corrected chi connectivity index (χ1v) is 12.2. The molecule has 32 heavy (non-hydrogen) atoms. The molecule has 0 saturated carbocycles. The number of alkyl halides is 4. The Kier molecular flexibility index (Phi) is 8.39. The standard InChI is InChI=1S/C19H23Br3FN5O4/c1-12(30)24-8-15-9-28(18(31)32-15)14-4-2-13(3-5-14)26-6-7-27(16(23)10-26)17(25-11-29)19(20,21)22/h2-5,11,15-17H,6-10H2,1H3,(H,24,30)(H,25,29)/t15?,16?,17-/m1/s1. The zero-order chi connectivity index (χ0) is 23.5. The van der Waals surface area contributed by atoms with E-state index in [1.165, 1.54) is 11.8 Å². The van der Waals surface area contributed by atoms with Gasteiger partial charge in [-0.2, -0.15) is 0 Å². The van der Waals surface area contributed by atoms with Crippen molar-refractivity contribution in [2.24, 2.45) is 0 Å². The van der Waals surface area contributed by atoms with Crippen LogP contribution in [-0.2, 0) is 14.3 Å². The molecule has 2 aliphatic rings. The van der Waals surface area contributed by atoms with Gasteiger partial charge in [-0.3, -0.25) is 14.5 Å². The van der Waals surface area contributed by atoms with E-state index >= 15 is 4.39 Å². The van der Waals surface area contributed by atoms with Crippen molar-refractivity contribution in [2.45, 2.75) is 27.6 Å². The zero-order valence-corrected chi connectivity index (χ0v) is 21.9. The summed E-state index contributed by atoms with van der Waals surface area (Å²) in [7, 11) is 0. The van der Waals surface area contributed by atoms with Gasteiger partial charge in [0.15, 0.2) is 8.44 Å². The number of cyclic esters (lactones) is 1. The Balaban J connectivity index is 1.62. The number of rotatable bonds is 7. The van der Waals surface area contributed by atoms with Gasteiger partial charge >= 0.3 is 6.09 Å². The first-order valence-electron chi connectivity index (χ1n) is 9.84. The van der Waals surface area contributed by atoms with E-state index in [0.29, 0.717) is 31.7 Å². The van der Waals surface area contributed by atoms with Gasteiger partial charge in [0.05, 0.1) is 19.6 Å². The summed E-state index contributed by atoms with van der Waals surface area (Å²) in [4.78, 5) is 39.2. The second kappa shape index (κ2) is 10.7. The highest BCUT2D eigenvalue weighted by molar-refractivity contribution is 9.39. The summed E-state index contributed by atoms with van der Waals surface area (Å²) in [6.07, 6.45) is -2.32. The number of piperazine rings is 1. The van der Waals surface area contributed by atoms with Crippen molar-refractivity contribution in [1.29, 1.82) is 0 Å². The number of amides is 3. The maximum atomic E-state index is 15.0. The van der Waals surface area contributed by atoms with Gasteiger partial charge in [-0.15, -0.1) is 0 Å². The fraction of sp³-hybridized carbons (Fsp3) is 0.526. The molecule has 2 unspecified atom stereocenters. The number of nitrogens with one attached hydrogen (secondary N) is 2. The van der Waals surface area contributed by atoms with Crippen LogP contribution in [0.15, 0.2) is 24.3 Å². The average Bonchev–Trinajstić information content (AvgIpc) is 3.11. The van der Waals surface area contributed by atoms with E-state index in [9.17, 15) is 14.4 Å². The molecular weight excluding hydrogens is 621 g/mol. The van der Waals surface area contributed by atoms with Crippen LogP contribution >= 0.6 is 47.8 Å². The fourth-order valence-electron chi connectivity index (χ4n) is 3.66. The molecular formula is C19H23Br3FN5O4. The lowest BCUT2D eigenvalue weighted by atomic mass is 10.2. The molecule has 1 aromatic rings. The molecule has 9 nitrogen and oxygen atoms in total. The highest BCUT2D eigenvalue weighted by atomic mass is 80.0. The van der Waals surface area contributed by atoms with Crippen LogP contribution in [0.4, 0.5) is 20.6 Å². The number of carbonyl (C=O) groups excluding carboxylic acids is 3. The number of ether oxygens (including phenoxy) is 1. The van der Waals surface area contributed by atoms with Gasteiger partial charge in [0.25, 0.3) is 0 Å². The van der Waals surface area contributed by atoms with Gasteiger partial charge in [-0.25, -0.2) is 14.1 Å². The lowest BCUT2D eigenvalue weighted by Crippen LogP contribution is -2.62. The summed E-state index contributed by atoms with van der Waals surface area (Å²) in [6.45, 7) is 3.04. The maximum Gasteiger partial charge on any atom is 0.414 e. The minimum Gasteiger partial charge on any atom is -0.442 e. The Labute approximate surface area is 210 Å². The third kappa shape index (κ3) is 6.12. The molecule has 0 aromatic heterocycles. The summed E-state index contributed by atoms with van der Waals surface area (Å²) in [5, 5.41) is 5.26. The topological polar surface area (TPSA) is 94.2 Å². The van der Waals surface area contributed by atoms with Crippen LogP contribution in [0.25, 0.3) is 0 Å². The molecule has 2 N–H and O–H groups in total. The molecule has 1 aromatic carbocycles. The minimum atomic E-state index is -1.32. The van der Waals surface area contributed by atoms with Crippen LogP contribution in [0.1, 0.15) is 6.92 Å². The highest BCUT2D eigenvalue weighted by Crippen LogP contribution is 2.40. The van der Waals surface area contributed by atoms with Crippen LogP contribution in [0.5, 0.6) is 0 Å². The summed E-state index contributed by atoms with van der Waals surface area (Å²) >= 11 is 10.1. The Morgan fingerprint density at radius 1 is 1.25 bits per heavy atom. The smallest absolute Gasteiger partial charge is 0.414 e. The van der Waals surface area contributed by atoms with Crippen LogP contribution in [0.2, 0.25) is 0 Å². The summed E-state index contributed by atoms with van der Waals surface area (Å²) in [5.74, 6) is -0.183. The number of anilines is 2. The number of hydrogen-bond acceptors (Lipinski definition) is 6. The molecule has 0 bridgehead atoms. The van der Waals surface area contributed by atoms with Gasteiger partial charge in [0.1, 0.15) is 12.3 Å². The first kappa shape index (κ1) is 25.2. The Hall–Kier alpha value is -1.44. The lowest BCUT2D eigenvalue weighted by molar-refractivity contribution is -0.119. The van der Waals surface area contributed by atoms with Crippen LogP contribution < -0.4 is 20.4 Å². The zero-order valence-electron chi connectivity index (χ0n) is 17.1.